The summed E-state index contributed by atoms with van der Waals surface area (Å²) in [5.41, 5.74) is 1.62. The van der Waals surface area contributed by atoms with E-state index < -0.39 is 0 Å². The highest BCUT2D eigenvalue weighted by molar-refractivity contribution is 7.99. The first kappa shape index (κ1) is 14.9. The minimum absolute atomic E-state index is 0.187. The van der Waals surface area contributed by atoms with Gasteiger partial charge in [0.2, 0.25) is 5.91 Å². The van der Waals surface area contributed by atoms with Crippen LogP contribution in [0.4, 0.5) is 0 Å². The van der Waals surface area contributed by atoms with Gasteiger partial charge in [-0.05, 0) is 36.7 Å². The quantitative estimate of drug-likeness (QED) is 0.909. The summed E-state index contributed by atoms with van der Waals surface area (Å²) in [4.78, 5) is 12.1. The van der Waals surface area contributed by atoms with E-state index in [0.29, 0.717) is 17.2 Å². The number of carbonyl (C=O) groups is 1. The van der Waals surface area contributed by atoms with Gasteiger partial charge in [0.05, 0.1) is 5.75 Å². The van der Waals surface area contributed by atoms with E-state index in [1.165, 1.54) is 12.0 Å². The Balaban J connectivity index is 1.40. The Labute approximate surface area is 130 Å². The lowest BCUT2D eigenvalue weighted by Gasteiger charge is -2.52. The number of amides is 1. The highest BCUT2D eigenvalue weighted by Crippen LogP contribution is 2.48. The Morgan fingerprint density at radius 3 is 2.67 bits per heavy atom. The lowest BCUT2D eigenvalue weighted by atomic mass is 9.60. The first-order chi connectivity index (χ1) is 10.3. The van der Waals surface area contributed by atoms with E-state index in [9.17, 15) is 4.79 Å². The molecule has 21 heavy (non-hydrogen) atoms. The Hall–Kier alpha value is -1.00. The maximum Gasteiger partial charge on any atom is 0.230 e. The SMILES string of the molecule is O=C(CSCc1ccccc1)NC1CCC12CCOCC2. The molecule has 3 rings (SSSR count). The molecule has 1 N–H and O–H groups in total. The highest BCUT2D eigenvalue weighted by atomic mass is 32.2. The van der Waals surface area contributed by atoms with Gasteiger partial charge in [0.15, 0.2) is 0 Å². The van der Waals surface area contributed by atoms with Crippen molar-refractivity contribution in [3.63, 3.8) is 0 Å². The van der Waals surface area contributed by atoms with Crippen LogP contribution >= 0.6 is 11.8 Å². The van der Waals surface area contributed by atoms with E-state index in [0.717, 1.165) is 38.2 Å². The lowest BCUT2D eigenvalue weighted by molar-refractivity contribution is -0.124. The maximum atomic E-state index is 12.1. The van der Waals surface area contributed by atoms with Gasteiger partial charge in [0.1, 0.15) is 0 Å². The average Bonchev–Trinajstić information content (AvgIpc) is 2.53. The lowest BCUT2D eigenvalue weighted by Crippen LogP contribution is -2.57. The van der Waals surface area contributed by atoms with Gasteiger partial charge in [-0.15, -0.1) is 11.8 Å². The molecule has 1 saturated heterocycles. The van der Waals surface area contributed by atoms with Crippen LogP contribution in [0.25, 0.3) is 0 Å². The van der Waals surface area contributed by atoms with Gasteiger partial charge in [-0.1, -0.05) is 30.3 Å². The first-order valence-electron chi connectivity index (χ1n) is 7.77. The monoisotopic (exact) mass is 305 g/mol. The summed E-state index contributed by atoms with van der Waals surface area (Å²) in [6.07, 6.45) is 4.60. The first-order valence-corrected chi connectivity index (χ1v) is 8.93. The molecule has 1 aromatic carbocycles. The minimum atomic E-state index is 0.187. The Morgan fingerprint density at radius 1 is 1.24 bits per heavy atom. The highest BCUT2D eigenvalue weighted by Gasteiger charge is 2.47. The number of benzene rings is 1. The number of thioether (sulfide) groups is 1. The average molecular weight is 305 g/mol. The summed E-state index contributed by atoms with van der Waals surface area (Å²) in [6.45, 7) is 1.71. The van der Waals surface area contributed by atoms with Gasteiger partial charge in [-0.25, -0.2) is 0 Å². The summed E-state index contributed by atoms with van der Waals surface area (Å²) in [7, 11) is 0. The molecular formula is C17H23NO2S. The summed E-state index contributed by atoms with van der Waals surface area (Å²) >= 11 is 1.69. The summed E-state index contributed by atoms with van der Waals surface area (Å²) in [5.74, 6) is 1.64. The van der Waals surface area contributed by atoms with Gasteiger partial charge in [-0.3, -0.25) is 4.79 Å². The third-order valence-corrected chi connectivity index (χ3v) is 5.84. The second kappa shape index (κ2) is 6.84. The molecule has 2 fully saturated rings. The largest absolute Gasteiger partial charge is 0.381 e. The zero-order valence-electron chi connectivity index (χ0n) is 12.3. The van der Waals surface area contributed by atoms with Gasteiger partial charge < -0.3 is 10.1 Å². The third kappa shape index (κ3) is 3.61. The Morgan fingerprint density at radius 2 is 2.00 bits per heavy atom. The van der Waals surface area contributed by atoms with Gasteiger partial charge >= 0.3 is 0 Å². The zero-order valence-corrected chi connectivity index (χ0v) is 13.2. The fourth-order valence-electron chi connectivity index (χ4n) is 3.37. The maximum absolute atomic E-state index is 12.1. The number of ether oxygens (including phenoxy) is 1. The van der Waals surface area contributed by atoms with E-state index >= 15 is 0 Å². The van der Waals surface area contributed by atoms with Crippen molar-refractivity contribution in [3.8, 4) is 0 Å². The molecule has 1 aliphatic heterocycles. The van der Waals surface area contributed by atoms with Gasteiger partial charge in [-0.2, -0.15) is 0 Å². The fourth-order valence-corrected chi connectivity index (χ4v) is 4.17. The normalized spacial score (nSPS) is 23.5. The second-order valence-electron chi connectivity index (χ2n) is 6.11. The van der Waals surface area contributed by atoms with Crippen LogP contribution in [0.3, 0.4) is 0 Å². The van der Waals surface area contributed by atoms with Crippen LogP contribution in [-0.4, -0.2) is 30.9 Å². The molecular weight excluding hydrogens is 282 g/mol. The van der Waals surface area contributed by atoms with E-state index in [-0.39, 0.29) is 5.91 Å². The van der Waals surface area contributed by atoms with Crippen LogP contribution in [-0.2, 0) is 15.3 Å². The van der Waals surface area contributed by atoms with Crippen molar-refractivity contribution in [2.45, 2.75) is 37.5 Å². The molecule has 0 bridgehead atoms. The van der Waals surface area contributed by atoms with Crippen LogP contribution < -0.4 is 5.32 Å². The van der Waals surface area contributed by atoms with Crippen LogP contribution in [0.1, 0.15) is 31.2 Å². The second-order valence-corrected chi connectivity index (χ2v) is 7.10. The van der Waals surface area contributed by atoms with Crippen LogP contribution in [0, 0.1) is 5.41 Å². The minimum Gasteiger partial charge on any atom is -0.381 e. The molecule has 1 spiro atoms. The van der Waals surface area contributed by atoms with Crippen LogP contribution in [0.5, 0.6) is 0 Å². The molecule has 2 aliphatic rings. The third-order valence-electron chi connectivity index (χ3n) is 4.84. The van der Waals surface area contributed by atoms with Gasteiger partial charge in [0.25, 0.3) is 0 Å². The molecule has 0 radical (unpaired) electrons. The predicted molar refractivity (Wildman–Crippen MR) is 86.3 cm³/mol. The standard InChI is InChI=1S/C17H23NO2S/c19-16(13-21-12-14-4-2-1-3-5-14)18-15-6-7-17(15)8-10-20-11-9-17/h1-5,15H,6-13H2,(H,18,19). The molecule has 1 aliphatic carbocycles. The van der Waals surface area contributed by atoms with E-state index in [2.05, 4.69) is 17.4 Å². The van der Waals surface area contributed by atoms with E-state index in [1.807, 2.05) is 18.2 Å². The summed E-state index contributed by atoms with van der Waals surface area (Å²) in [6, 6.07) is 10.7. The number of hydrogen-bond acceptors (Lipinski definition) is 3. The van der Waals surface area contributed by atoms with Gasteiger partial charge in [0, 0.05) is 25.0 Å². The molecule has 1 unspecified atom stereocenters. The summed E-state index contributed by atoms with van der Waals surface area (Å²) < 4.78 is 5.45. The van der Waals surface area contributed by atoms with Crippen molar-refractivity contribution in [1.82, 2.24) is 5.32 Å². The smallest absolute Gasteiger partial charge is 0.230 e. The number of rotatable bonds is 5. The fraction of sp³-hybridized carbons (Fsp3) is 0.588. The van der Waals surface area contributed by atoms with Crippen LogP contribution in [0.15, 0.2) is 30.3 Å². The Bertz CT molecular complexity index is 471. The van der Waals surface area contributed by atoms with Crippen molar-refractivity contribution >= 4 is 17.7 Å². The molecule has 1 heterocycles. The van der Waals surface area contributed by atoms with Crippen molar-refractivity contribution in [3.05, 3.63) is 35.9 Å². The predicted octanol–water partition coefficient (Wildman–Crippen LogP) is 3.00. The van der Waals surface area contributed by atoms with Crippen molar-refractivity contribution in [2.75, 3.05) is 19.0 Å². The molecule has 0 aromatic heterocycles. The number of carbonyl (C=O) groups excluding carboxylic acids is 1. The molecule has 1 saturated carbocycles. The van der Waals surface area contributed by atoms with Crippen molar-refractivity contribution < 1.29 is 9.53 Å². The molecule has 1 atom stereocenters. The molecule has 4 heteroatoms. The molecule has 1 amide bonds. The number of hydrogen-bond donors (Lipinski definition) is 1. The van der Waals surface area contributed by atoms with E-state index in [4.69, 9.17) is 4.74 Å². The van der Waals surface area contributed by atoms with Crippen molar-refractivity contribution in [2.24, 2.45) is 5.41 Å². The van der Waals surface area contributed by atoms with Crippen LogP contribution in [0.2, 0.25) is 0 Å². The number of nitrogens with one attached hydrogen (secondary N) is 1. The molecule has 1 aromatic rings. The van der Waals surface area contributed by atoms with Crippen molar-refractivity contribution in [1.29, 1.82) is 0 Å². The van der Waals surface area contributed by atoms with E-state index in [1.54, 1.807) is 11.8 Å². The summed E-state index contributed by atoms with van der Waals surface area (Å²) in [5, 5.41) is 3.25. The molecule has 3 nitrogen and oxygen atoms in total. The Kier molecular flexibility index (Phi) is 4.86. The topological polar surface area (TPSA) is 38.3 Å². The zero-order chi connectivity index (χ0) is 14.5. The molecule has 114 valence electrons.